The molecule has 0 fully saturated rings. The largest absolute Gasteiger partial charge is 0.448 e. The van der Waals surface area contributed by atoms with Crippen molar-refractivity contribution in [3.05, 3.63) is 69.5 Å². The summed E-state index contributed by atoms with van der Waals surface area (Å²) in [4.78, 5) is 36.3. The van der Waals surface area contributed by atoms with Gasteiger partial charge in [-0.25, -0.2) is 4.79 Å². The van der Waals surface area contributed by atoms with E-state index in [0.29, 0.717) is 5.56 Å². The van der Waals surface area contributed by atoms with Gasteiger partial charge in [-0.05, 0) is 42.8 Å². The number of carbonyl (C=O) groups excluding carboxylic acids is 2. The van der Waals surface area contributed by atoms with Crippen molar-refractivity contribution in [2.45, 2.75) is 13.0 Å². The zero-order chi connectivity index (χ0) is 23.1. The number of hydrogen-bond acceptors (Lipinski definition) is 7. The first-order valence-electron chi connectivity index (χ1n) is 8.97. The molecular formula is C21H19FN4O5. The van der Waals surface area contributed by atoms with Crippen LogP contribution in [0.1, 0.15) is 12.5 Å². The number of nitrogens with zero attached hydrogens (tertiary/aromatic N) is 3. The fourth-order valence-electron chi connectivity index (χ4n) is 2.42. The normalized spacial score (nSPS) is 11.8. The molecule has 9 nitrogen and oxygen atoms in total. The van der Waals surface area contributed by atoms with E-state index in [1.807, 2.05) is 31.1 Å². The molecule has 0 aliphatic carbocycles. The number of rotatable bonds is 7. The second-order valence-corrected chi connectivity index (χ2v) is 6.62. The molecule has 160 valence electrons. The van der Waals surface area contributed by atoms with E-state index in [0.717, 1.165) is 23.9 Å². The number of halogens is 1. The van der Waals surface area contributed by atoms with Crippen molar-refractivity contribution in [2.75, 3.05) is 24.3 Å². The van der Waals surface area contributed by atoms with Crippen molar-refractivity contribution >= 4 is 35.0 Å². The molecule has 0 aliphatic rings. The maximum Gasteiger partial charge on any atom is 0.349 e. The van der Waals surface area contributed by atoms with Crippen LogP contribution in [-0.2, 0) is 14.3 Å². The summed E-state index contributed by atoms with van der Waals surface area (Å²) in [5.41, 5.74) is 0.365. The maximum absolute atomic E-state index is 13.4. The zero-order valence-corrected chi connectivity index (χ0v) is 17.0. The van der Waals surface area contributed by atoms with E-state index >= 15 is 0 Å². The second-order valence-electron chi connectivity index (χ2n) is 6.62. The molecular weight excluding hydrogens is 407 g/mol. The van der Waals surface area contributed by atoms with Gasteiger partial charge in [0.15, 0.2) is 6.10 Å². The standard InChI is InChI=1S/C21H19FN4O5/c1-13(20(27)24-16-6-9-18(22)19(11-16)26(29)30)31-21(28)15(12-23)10-14-4-7-17(8-5-14)25(2)3/h4-11,13H,1-3H3,(H,24,27)/b15-10+. The first-order valence-corrected chi connectivity index (χ1v) is 8.97. The quantitative estimate of drug-likeness (QED) is 0.237. The second kappa shape index (κ2) is 9.98. The van der Waals surface area contributed by atoms with E-state index in [1.165, 1.54) is 13.0 Å². The molecule has 2 rings (SSSR count). The summed E-state index contributed by atoms with van der Waals surface area (Å²) in [6, 6.07) is 11.6. The van der Waals surface area contributed by atoms with E-state index in [2.05, 4.69) is 5.32 Å². The molecule has 1 amide bonds. The van der Waals surface area contributed by atoms with E-state index in [4.69, 9.17) is 4.74 Å². The Balaban J connectivity index is 2.07. The molecule has 0 spiro atoms. The lowest BCUT2D eigenvalue weighted by Gasteiger charge is -2.13. The predicted octanol–water partition coefficient (Wildman–Crippen LogP) is 3.28. The highest BCUT2D eigenvalue weighted by Gasteiger charge is 2.22. The lowest BCUT2D eigenvalue weighted by atomic mass is 10.1. The number of nitriles is 1. The highest BCUT2D eigenvalue weighted by Crippen LogP contribution is 2.22. The third-order valence-electron chi connectivity index (χ3n) is 4.12. The van der Waals surface area contributed by atoms with Gasteiger partial charge in [0.25, 0.3) is 5.91 Å². The molecule has 0 radical (unpaired) electrons. The van der Waals surface area contributed by atoms with Crippen LogP contribution in [-0.4, -0.2) is 37.0 Å². The molecule has 2 aromatic rings. The molecule has 1 N–H and O–H groups in total. The minimum absolute atomic E-state index is 0.0435. The lowest BCUT2D eigenvalue weighted by molar-refractivity contribution is -0.387. The zero-order valence-electron chi connectivity index (χ0n) is 17.0. The lowest BCUT2D eigenvalue weighted by Crippen LogP contribution is -2.30. The number of amides is 1. The monoisotopic (exact) mass is 426 g/mol. The van der Waals surface area contributed by atoms with E-state index in [-0.39, 0.29) is 11.3 Å². The van der Waals surface area contributed by atoms with Crippen LogP contribution in [0.5, 0.6) is 0 Å². The fourth-order valence-corrected chi connectivity index (χ4v) is 2.42. The number of esters is 1. The molecule has 1 unspecified atom stereocenters. The van der Waals surface area contributed by atoms with Crippen LogP contribution in [0.25, 0.3) is 6.08 Å². The Kier molecular flexibility index (Phi) is 7.41. The maximum atomic E-state index is 13.4. The van der Waals surface area contributed by atoms with Gasteiger partial charge < -0.3 is 15.0 Å². The van der Waals surface area contributed by atoms with Gasteiger partial charge in [0.2, 0.25) is 5.82 Å². The van der Waals surface area contributed by atoms with Gasteiger partial charge in [-0.15, -0.1) is 0 Å². The highest BCUT2D eigenvalue weighted by molar-refractivity contribution is 6.01. The van der Waals surface area contributed by atoms with Crippen LogP contribution in [0.3, 0.4) is 0 Å². The minimum Gasteiger partial charge on any atom is -0.448 e. The minimum atomic E-state index is -1.32. The molecule has 0 saturated heterocycles. The molecule has 0 aromatic heterocycles. The van der Waals surface area contributed by atoms with E-state index in [1.54, 1.807) is 18.2 Å². The summed E-state index contributed by atoms with van der Waals surface area (Å²) in [5.74, 6) is -2.86. The van der Waals surface area contributed by atoms with Crippen molar-refractivity contribution in [1.82, 2.24) is 0 Å². The van der Waals surface area contributed by atoms with Gasteiger partial charge in [-0.2, -0.15) is 9.65 Å². The Morgan fingerprint density at radius 2 is 1.90 bits per heavy atom. The number of ether oxygens (including phenoxy) is 1. The Bertz CT molecular complexity index is 1070. The number of anilines is 2. The van der Waals surface area contributed by atoms with Gasteiger partial charge in [0.1, 0.15) is 11.6 Å². The van der Waals surface area contributed by atoms with E-state index < -0.39 is 34.4 Å². The third-order valence-corrected chi connectivity index (χ3v) is 4.12. The van der Waals surface area contributed by atoms with Gasteiger partial charge in [-0.1, -0.05) is 12.1 Å². The van der Waals surface area contributed by atoms with Crippen molar-refractivity contribution in [2.24, 2.45) is 0 Å². The van der Waals surface area contributed by atoms with Crippen LogP contribution in [0.4, 0.5) is 21.5 Å². The van der Waals surface area contributed by atoms with Crippen LogP contribution in [0.2, 0.25) is 0 Å². The van der Waals surface area contributed by atoms with E-state index in [9.17, 15) is 29.4 Å². The Hall–Kier alpha value is -4.26. The summed E-state index contributed by atoms with van der Waals surface area (Å²) in [5, 5.41) is 22.4. The summed E-state index contributed by atoms with van der Waals surface area (Å²) in [6.07, 6.45) is 0.0138. The summed E-state index contributed by atoms with van der Waals surface area (Å²) >= 11 is 0. The topological polar surface area (TPSA) is 126 Å². The number of carbonyl (C=O) groups is 2. The molecule has 0 heterocycles. The van der Waals surface area contributed by atoms with Crippen molar-refractivity contribution in [1.29, 1.82) is 5.26 Å². The van der Waals surface area contributed by atoms with Crippen molar-refractivity contribution in [3.8, 4) is 6.07 Å². The number of benzene rings is 2. The third kappa shape index (κ3) is 6.11. The SMILES string of the molecule is CC(OC(=O)/C(C#N)=C/c1ccc(N(C)C)cc1)C(=O)Nc1ccc(F)c([N+](=O)[O-])c1. The van der Waals surface area contributed by atoms with Crippen LogP contribution in [0, 0.1) is 27.3 Å². The molecule has 2 aromatic carbocycles. The molecule has 0 aliphatic heterocycles. The Morgan fingerprint density at radius 1 is 1.26 bits per heavy atom. The molecule has 0 bridgehead atoms. The van der Waals surface area contributed by atoms with Gasteiger partial charge >= 0.3 is 11.7 Å². The number of hydrogen-bond donors (Lipinski definition) is 1. The Labute approximate surface area is 177 Å². The summed E-state index contributed by atoms with van der Waals surface area (Å²) < 4.78 is 18.4. The van der Waals surface area contributed by atoms with Crippen LogP contribution in [0.15, 0.2) is 48.0 Å². The fraction of sp³-hybridized carbons (Fsp3) is 0.190. The number of nitrogens with one attached hydrogen (secondary N) is 1. The van der Waals surface area contributed by atoms with Crippen molar-refractivity contribution in [3.63, 3.8) is 0 Å². The first-order chi connectivity index (χ1) is 14.6. The average molecular weight is 426 g/mol. The average Bonchev–Trinajstić information content (AvgIpc) is 2.73. The number of nitro groups is 1. The highest BCUT2D eigenvalue weighted by atomic mass is 19.1. The number of nitro benzene ring substituents is 1. The van der Waals surface area contributed by atoms with Gasteiger partial charge in [-0.3, -0.25) is 14.9 Å². The summed E-state index contributed by atoms with van der Waals surface area (Å²) in [6.45, 7) is 1.27. The smallest absolute Gasteiger partial charge is 0.349 e. The molecule has 31 heavy (non-hydrogen) atoms. The first kappa shape index (κ1) is 23.0. The predicted molar refractivity (Wildman–Crippen MR) is 112 cm³/mol. The molecule has 1 atom stereocenters. The molecule has 10 heteroatoms. The van der Waals surface area contributed by atoms with Gasteiger partial charge in [0.05, 0.1) is 4.92 Å². The summed E-state index contributed by atoms with van der Waals surface area (Å²) in [7, 11) is 3.75. The molecule has 0 saturated carbocycles. The van der Waals surface area contributed by atoms with Gasteiger partial charge in [0, 0.05) is 31.5 Å². The van der Waals surface area contributed by atoms with Crippen molar-refractivity contribution < 1.29 is 23.6 Å². The van der Waals surface area contributed by atoms with Crippen LogP contribution >= 0.6 is 0 Å². The van der Waals surface area contributed by atoms with Crippen LogP contribution < -0.4 is 10.2 Å². The Morgan fingerprint density at radius 3 is 2.45 bits per heavy atom.